The average molecular weight is 258 g/mol. The quantitative estimate of drug-likeness (QED) is 0.233. The van der Waals surface area contributed by atoms with E-state index in [-0.39, 0.29) is 25.2 Å². The Morgan fingerprint density at radius 2 is 1.61 bits per heavy atom. The van der Waals surface area contributed by atoms with Gasteiger partial charge in [-0.3, -0.25) is 9.59 Å². The smallest absolute Gasteiger partial charge is 0.311 e. The highest BCUT2D eigenvalue weighted by molar-refractivity contribution is 5.72. The van der Waals surface area contributed by atoms with Gasteiger partial charge in [0.25, 0.3) is 6.47 Å². The highest BCUT2D eigenvalue weighted by Crippen LogP contribution is 2.19. The maximum atomic E-state index is 11.8. The standard InChI is InChI=1S/C14H26O4/c1-3-5-7-9-13(10-8-6-4-2)14(16)18-12-17-11-15/h11,13H,3-10,12H2,1-2H3. The number of carbonyl (C=O) groups excluding carboxylic acids is 2. The molecule has 0 bridgehead atoms. The lowest BCUT2D eigenvalue weighted by Crippen LogP contribution is -2.19. The molecule has 106 valence electrons. The number of hydrogen-bond acceptors (Lipinski definition) is 4. The van der Waals surface area contributed by atoms with Crippen molar-refractivity contribution in [3.8, 4) is 0 Å². The second-order valence-electron chi connectivity index (χ2n) is 4.53. The lowest BCUT2D eigenvalue weighted by Gasteiger charge is -2.15. The SMILES string of the molecule is CCCCCC(CCCCC)C(=O)OCOC=O. The van der Waals surface area contributed by atoms with Crippen molar-refractivity contribution in [3.05, 3.63) is 0 Å². The largest absolute Gasteiger partial charge is 0.430 e. The molecule has 4 heteroatoms. The fourth-order valence-electron chi connectivity index (χ4n) is 1.90. The van der Waals surface area contributed by atoms with Crippen LogP contribution >= 0.6 is 0 Å². The number of rotatable bonds is 12. The summed E-state index contributed by atoms with van der Waals surface area (Å²) in [4.78, 5) is 21.8. The van der Waals surface area contributed by atoms with Gasteiger partial charge in [0.1, 0.15) is 0 Å². The van der Waals surface area contributed by atoms with E-state index in [1.54, 1.807) is 0 Å². The second-order valence-corrected chi connectivity index (χ2v) is 4.53. The van der Waals surface area contributed by atoms with Crippen LogP contribution in [0.5, 0.6) is 0 Å². The first-order valence-electron chi connectivity index (χ1n) is 6.98. The molecule has 0 aromatic rings. The Labute approximate surface area is 110 Å². The number of ether oxygens (including phenoxy) is 2. The highest BCUT2D eigenvalue weighted by atomic mass is 16.7. The van der Waals surface area contributed by atoms with Gasteiger partial charge in [-0.25, -0.2) is 0 Å². The van der Waals surface area contributed by atoms with Gasteiger partial charge in [-0.1, -0.05) is 52.4 Å². The van der Waals surface area contributed by atoms with E-state index in [4.69, 9.17) is 4.74 Å². The van der Waals surface area contributed by atoms with Gasteiger partial charge in [0.15, 0.2) is 0 Å². The Balaban J connectivity index is 3.98. The first kappa shape index (κ1) is 16.9. The van der Waals surface area contributed by atoms with Crippen molar-refractivity contribution in [2.24, 2.45) is 5.92 Å². The van der Waals surface area contributed by atoms with Crippen LogP contribution in [0.2, 0.25) is 0 Å². The molecule has 0 unspecified atom stereocenters. The maximum Gasteiger partial charge on any atom is 0.311 e. The molecule has 0 aromatic carbocycles. The molecule has 0 saturated heterocycles. The number of esters is 1. The van der Waals surface area contributed by atoms with Crippen molar-refractivity contribution >= 4 is 12.4 Å². The van der Waals surface area contributed by atoms with Crippen molar-refractivity contribution in [2.45, 2.75) is 65.2 Å². The van der Waals surface area contributed by atoms with Crippen LogP contribution < -0.4 is 0 Å². The van der Waals surface area contributed by atoms with Gasteiger partial charge < -0.3 is 9.47 Å². The van der Waals surface area contributed by atoms with E-state index < -0.39 is 0 Å². The van der Waals surface area contributed by atoms with Crippen molar-refractivity contribution in [2.75, 3.05) is 6.79 Å². The first-order valence-corrected chi connectivity index (χ1v) is 6.98. The zero-order valence-corrected chi connectivity index (χ0v) is 11.7. The van der Waals surface area contributed by atoms with Crippen LogP contribution in [0, 0.1) is 5.92 Å². The average Bonchev–Trinajstić information content (AvgIpc) is 2.37. The van der Waals surface area contributed by atoms with E-state index in [1.807, 2.05) is 0 Å². The van der Waals surface area contributed by atoms with Gasteiger partial charge in [0, 0.05) is 0 Å². The zero-order chi connectivity index (χ0) is 13.6. The van der Waals surface area contributed by atoms with Crippen LogP contribution in [0.25, 0.3) is 0 Å². The Morgan fingerprint density at radius 3 is 2.06 bits per heavy atom. The first-order chi connectivity index (χ1) is 8.76. The van der Waals surface area contributed by atoms with Crippen molar-refractivity contribution in [1.29, 1.82) is 0 Å². The minimum Gasteiger partial charge on any atom is -0.430 e. The molecule has 0 rings (SSSR count). The molecular weight excluding hydrogens is 232 g/mol. The Hall–Kier alpha value is -1.06. The fourth-order valence-corrected chi connectivity index (χ4v) is 1.90. The number of carbonyl (C=O) groups is 2. The van der Waals surface area contributed by atoms with Crippen LogP contribution in [-0.4, -0.2) is 19.2 Å². The molecule has 0 radical (unpaired) electrons. The molecule has 0 aromatic heterocycles. The molecule has 0 fully saturated rings. The summed E-state index contributed by atoms with van der Waals surface area (Å²) in [7, 11) is 0. The van der Waals surface area contributed by atoms with Gasteiger partial charge in [-0.15, -0.1) is 0 Å². The molecule has 0 amide bonds. The predicted molar refractivity (Wildman–Crippen MR) is 69.9 cm³/mol. The molecule has 0 atom stereocenters. The van der Waals surface area contributed by atoms with E-state index in [9.17, 15) is 9.59 Å². The third kappa shape index (κ3) is 9.02. The van der Waals surface area contributed by atoms with Crippen LogP contribution in [0.3, 0.4) is 0 Å². The summed E-state index contributed by atoms with van der Waals surface area (Å²) in [5.74, 6) is -0.276. The molecule has 18 heavy (non-hydrogen) atoms. The molecule has 0 aliphatic heterocycles. The third-order valence-corrected chi connectivity index (χ3v) is 2.98. The molecule has 0 spiro atoms. The van der Waals surface area contributed by atoms with E-state index in [2.05, 4.69) is 18.6 Å². The van der Waals surface area contributed by atoms with Gasteiger partial charge in [-0.05, 0) is 12.8 Å². The minimum atomic E-state index is -0.264. The lowest BCUT2D eigenvalue weighted by molar-refractivity contribution is -0.164. The van der Waals surface area contributed by atoms with Crippen LogP contribution in [0.4, 0.5) is 0 Å². The Kier molecular flexibility index (Phi) is 11.7. The summed E-state index contributed by atoms with van der Waals surface area (Å²) < 4.78 is 9.30. The maximum absolute atomic E-state index is 11.8. The lowest BCUT2D eigenvalue weighted by atomic mass is 9.95. The van der Waals surface area contributed by atoms with Crippen LogP contribution in [-0.2, 0) is 19.1 Å². The molecule has 0 saturated carbocycles. The van der Waals surface area contributed by atoms with Crippen molar-refractivity contribution < 1.29 is 19.1 Å². The van der Waals surface area contributed by atoms with E-state index in [0.29, 0.717) is 0 Å². The molecular formula is C14H26O4. The summed E-state index contributed by atoms with van der Waals surface area (Å²) in [6.45, 7) is 4.31. The second kappa shape index (κ2) is 12.4. The van der Waals surface area contributed by atoms with E-state index in [1.165, 1.54) is 0 Å². The van der Waals surface area contributed by atoms with E-state index in [0.717, 1.165) is 51.4 Å². The number of unbranched alkanes of at least 4 members (excludes halogenated alkanes) is 4. The van der Waals surface area contributed by atoms with Crippen LogP contribution in [0.1, 0.15) is 65.2 Å². The normalized spacial score (nSPS) is 10.4. The number of hydrogen-bond donors (Lipinski definition) is 0. The van der Waals surface area contributed by atoms with Gasteiger partial charge in [-0.2, -0.15) is 0 Å². The molecule has 0 heterocycles. The van der Waals surface area contributed by atoms with Crippen molar-refractivity contribution in [3.63, 3.8) is 0 Å². The van der Waals surface area contributed by atoms with Crippen LogP contribution in [0.15, 0.2) is 0 Å². The topological polar surface area (TPSA) is 52.6 Å². The van der Waals surface area contributed by atoms with Gasteiger partial charge >= 0.3 is 5.97 Å². The fraction of sp³-hybridized carbons (Fsp3) is 0.857. The summed E-state index contributed by atoms with van der Waals surface area (Å²) in [6.07, 6.45) is 8.42. The molecule has 0 N–H and O–H groups in total. The summed E-state index contributed by atoms with van der Waals surface area (Å²) in [5.41, 5.74) is 0. The zero-order valence-electron chi connectivity index (χ0n) is 11.7. The summed E-state index contributed by atoms with van der Waals surface area (Å²) >= 11 is 0. The predicted octanol–water partition coefficient (Wildman–Crippen LogP) is 3.44. The van der Waals surface area contributed by atoms with Gasteiger partial charge in [0.05, 0.1) is 5.92 Å². The summed E-state index contributed by atoms with van der Waals surface area (Å²) in [5, 5.41) is 0. The molecule has 0 aliphatic carbocycles. The molecule has 4 nitrogen and oxygen atoms in total. The monoisotopic (exact) mass is 258 g/mol. The highest BCUT2D eigenvalue weighted by Gasteiger charge is 2.19. The Bertz CT molecular complexity index is 206. The van der Waals surface area contributed by atoms with Gasteiger partial charge in [0.2, 0.25) is 6.79 Å². The van der Waals surface area contributed by atoms with Crippen molar-refractivity contribution in [1.82, 2.24) is 0 Å². The molecule has 0 aliphatic rings. The Morgan fingerprint density at radius 1 is 1.06 bits per heavy atom. The summed E-state index contributed by atoms with van der Waals surface area (Å²) in [6, 6.07) is 0. The third-order valence-electron chi connectivity index (χ3n) is 2.98. The van der Waals surface area contributed by atoms with E-state index >= 15 is 0 Å². The minimum absolute atomic E-state index is 0.0432.